The van der Waals surface area contributed by atoms with Gasteiger partial charge in [-0.1, -0.05) is 30.3 Å². The summed E-state index contributed by atoms with van der Waals surface area (Å²) in [6.45, 7) is 0. The zero-order valence-electron chi connectivity index (χ0n) is 14.7. The van der Waals surface area contributed by atoms with Gasteiger partial charge in [0.05, 0.1) is 5.69 Å². The summed E-state index contributed by atoms with van der Waals surface area (Å²) in [6.07, 6.45) is 6.67. The van der Waals surface area contributed by atoms with E-state index in [0.717, 1.165) is 17.1 Å². The topological polar surface area (TPSA) is 77.6 Å². The Morgan fingerprint density at radius 2 is 1.85 bits per heavy atom. The van der Waals surface area contributed by atoms with E-state index < -0.39 is 0 Å². The maximum Gasteiger partial charge on any atom is 0.252 e. The van der Waals surface area contributed by atoms with Gasteiger partial charge in [-0.05, 0) is 29.8 Å². The average Bonchev–Trinajstić information content (AvgIpc) is 3.39. The molecule has 0 saturated carbocycles. The van der Waals surface area contributed by atoms with E-state index in [1.54, 1.807) is 29.3 Å². The fourth-order valence-corrected chi connectivity index (χ4v) is 2.92. The second-order valence-corrected chi connectivity index (χ2v) is 6.10. The predicted molar refractivity (Wildman–Crippen MR) is 100 cm³/mol. The molecule has 0 radical (unpaired) electrons. The zero-order valence-corrected chi connectivity index (χ0v) is 14.7. The summed E-state index contributed by atoms with van der Waals surface area (Å²) in [4.78, 5) is 21.2. The fraction of sp³-hybridized carbons (Fsp3) is 0.100. The van der Waals surface area contributed by atoms with Gasteiger partial charge in [-0.3, -0.25) is 4.79 Å². The predicted octanol–water partition coefficient (Wildman–Crippen LogP) is 2.52. The first kappa shape index (κ1) is 16.7. The van der Waals surface area contributed by atoms with Crippen molar-refractivity contribution >= 4 is 5.91 Å². The first-order chi connectivity index (χ1) is 13.2. The van der Waals surface area contributed by atoms with Gasteiger partial charge in [0, 0.05) is 25.0 Å². The van der Waals surface area contributed by atoms with E-state index in [-0.39, 0.29) is 11.9 Å². The van der Waals surface area contributed by atoms with E-state index in [0.29, 0.717) is 5.56 Å². The fourth-order valence-electron chi connectivity index (χ4n) is 2.92. The number of hydrogen-bond acceptors (Lipinski definition) is 4. The third-order valence-corrected chi connectivity index (χ3v) is 4.34. The lowest BCUT2D eigenvalue weighted by Gasteiger charge is -2.19. The van der Waals surface area contributed by atoms with Gasteiger partial charge >= 0.3 is 0 Å². The third-order valence-electron chi connectivity index (χ3n) is 4.34. The monoisotopic (exact) mass is 358 g/mol. The Kier molecular flexibility index (Phi) is 4.49. The van der Waals surface area contributed by atoms with E-state index in [2.05, 4.69) is 20.4 Å². The van der Waals surface area contributed by atoms with Crippen LogP contribution in [0.2, 0.25) is 0 Å². The number of aryl methyl sites for hydroxylation is 1. The molecule has 2 aromatic carbocycles. The van der Waals surface area contributed by atoms with Crippen molar-refractivity contribution in [3.05, 3.63) is 96.6 Å². The number of carbonyl (C=O) groups excluding carboxylic acids is 1. The summed E-state index contributed by atoms with van der Waals surface area (Å²) >= 11 is 0. The molecule has 7 heteroatoms. The summed E-state index contributed by atoms with van der Waals surface area (Å²) < 4.78 is 3.55. The van der Waals surface area contributed by atoms with Crippen molar-refractivity contribution in [2.24, 2.45) is 7.05 Å². The normalized spacial score (nSPS) is 11.9. The minimum Gasteiger partial charge on any atom is -0.338 e. The van der Waals surface area contributed by atoms with Crippen molar-refractivity contribution in [3.8, 4) is 5.69 Å². The Morgan fingerprint density at radius 1 is 1.07 bits per heavy atom. The van der Waals surface area contributed by atoms with Crippen LogP contribution in [-0.4, -0.2) is 30.2 Å². The van der Waals surface area contributed by atoms with Crippen LogP contribution in [0.3, 0.4) is 0 Å². The summed E-state index contributed by atoms with van der Waals surface area (Å²) in [6, 6.07) is 16.7. The average molecular weight is 358 g/mol. The molecule has 0 unspecified atom stereocenters. The smallest absolute Gasteiger partial charge is 0.252 e. The van der Waals surface area contributed by atoms with Gasteiger partial charge < -0.3 is 9.88 Å². The van der Waals surface area contributed by atoms with E-state index in [1.807, 2.05) is 60.3 Å². The SMILES string of the molecule is Cn1ccnc1[C@H](NC(=O)c1ccc(-n2cncn2)cc1)c1ccccc1. The molecule has 0 saturated heterocycles. The van der Waals surface area contributed by atoms with Gasteiger partial charge in [-0.15, -0.1) is 0 Å². The van der Waals surface area contributed by atoms with Crippen LogP contribution in [0.15, 0.2) is 79.6 Å². The van der Waals surface area contributed by atoms with Crippen molar-refractivity contribution in [3.63, 3.8) is 0 Å². The van der Waals surface area contributed by atoms with Crippen molar-refractivity contribution in [2.45, 2.75) is 6.04 Å². The molecule has 27 heavy (non-hydrogen) atoms. The van der Waals surface area contributed by atoms with Crippen LogP contribution in [-0.2, 0) is 7.05 Å². The molecule has 1 amide bonds. The molecule has 1 N–H and O–H groups in total. The standard InChI is InChI=1S/C20H18N6O/c1-25-12-11-22-19(25)18(15-5-3-2-4-6-15)24-20(27)16-7-9-17(10-8-16)26-14-21-13-23-26/h2-14,18H,1H3,(H,24,27)/t18-/m1/s1. The van der Waals surface area contributed by atoms with Gasteiger partial charge in [-0.25, -0.2) is 14.6 Å². The molecule has 7 nitrogen and oxygen atoms in total. The molecule has 2 aromatic heterocycles. The highest BCUT2D eigenvalue weighted by Gasteiger charge is 2.21. The zero-order chi connectivity index (χ0) is 18.6. The van der Waals surface area contributed by atoms with Crippen LogP contribution in [0.25, 0.3) is 5.69 Å². The maximum absolute atomic E-state index is 12.8. The molecule has 0 fully saturated rings. The van der Waals surface area contributed by atoms with Crippen LogP contribution in [0.5, 0.6) is 0 Å². The Bertz CT molecular complexity index is 1020. The Balaban J connectivity index is 1.59. The Morgan fingerprint density at radius 3 is 2.48 bits per heavy atom. The minimum atomic E-state index is -0.339. The number of nitrogens with zero attached hydrogens (tertiary/aromatic N) is 5. The highest BCUT2D eigenvalue weighted by atomic mass is 16.1. The summed E-state index contributed by atoms with van der Waals surface area (Å²) in [7, 11) is 1.91. The van der Waals surface area contributed by atoms with Crippen molar-refractivity contribution in [1.29, 1.82) is 0 Å². The number of hydrogen-bond donors (Lipinski definition) is 1. The molecule has 4 aromatic rings. The second-order valence-electron chi connectivity index (χ2n) is 6.10. The molecule has 0 aliphatic carbocycles. The van der Waals surface area contributed by atoms with Gasteiger partial charge in [-0.2, -0.15) is 5.10 Å². The minimum absolute atomic E-state index is 0.169. The highest BCUT2D eigenvalue weighted by molar-refractivity contribution is 5.94. The summed E-state index contributed by atoms with van der Waals surface area (Å²) in [5.41, 5.74) is 2.38. The first-order valence-electron chi connectivity index (χ1n) is 8.50. The maximum atomic E-state index is 12.8. The van der Waals surface area contributed by atoms with Gasteiger partial charge in [0.2, 0.25) is 0 Å². The number of imidazole rings is 1. The molecular weight excluding hydrogens is 340 g/mol. The summed E-state index contributed by atoms with van der Waals surface area (Å²) in [5, 5.41) is 7.18. The number of rotatable bonds is 5. The van der Waals surface area contributed by atoms with Crippen molar-refractivity contribution in [1.82, 2.24) is 29.6 Å². The molecule has 4 rings (SSSR count). The quantitative estimate of drug-likeness (QED) is 0.595. The van der Waals surface area contributed by atoms with Crippen LogP contribution in [0, 0.1) is 0 Å². The van der Waals surface area contributed by atoms with Crippen molar-refractivity contribution < 1.29 is 4.79 Å². The number of aromatic nitrogens is 5. The third kappa shape index (κ3) is 3.48. The number of carbonyl (C=O) groups is 1. The van der Waals surface area contributed by atoms with Gasteiger partial charge in [0.1, 0.15) is 24.5 Å². The molecule has 134 valence electrons. The second kappa shape index (κ2) is 7.25. The van der Waals surface area contributed by atoms with E-state index in [9.17, 15) is 4.79 Å². The number of nitrogens with one attached hydrogen (secondary N) is 1. The Hall–Kier alpha value is -3.74. The lowest BCUT2D eigenvalue weighted by molar-refractivity contribution is 0.0941. The Labute approximate surface area is 156 Å². The molecule has 0 aliphatic heterocycles. The molecule has 1 atom stereocenters. The van der Waals surface area contributed by atoms with E-state index >= 15 is 0 Å². The van der Waals surface area contributed by atoms with E-state index in [4.69, 9.17) is 0 Å². The molecule has 2 heterocycles. The van der Waals surface area contributed by atoms with Crippen LogP contribution >= 0.6 is 0 Å². The number of amides is 1. The highest BCUT2D eigenvalue weighted by Crippen LogP contribution is 2.21. The van der Waals surface area contributed by atoms with E-state index in [1.165, 1.54) is 6.33 Å². The van der Waals surface area contributed by atoms with Crippen LogP contribution in [0.1, 0.15) is 27.8 Å². The molecule has 0 bridgehead atoms. The molecular formula is C20H18N6O. The lowest BCUT2D eigenvalue weighted by atomic mass is 10.1. The first-order valence-corrected chi connectivity index (χ1v) is 8.50. The summed E-state index contributed by atoms with van der Waals surface area (Å²) in [5.74, 6) is 0.603. The lowest BCUT2D eigenvalue weighted by Crippen LogP contribution is -2.31. The molecule has 0 aliphatic rings. The van der Waals surface area contributed by atoms with Gasteiger partial charge in [0.25, 0.3) is 5.91 Å². The van der Waals surface area contributed by atoms with Crippen molar-refractivity contribution in [2.75, 3.05) is 0 Å². The molecule has 0 spiro atoms. The largest absolute Gasteiger partial charge is 0.338 e. The van der Waals surface area contributed by atoms with Crippen LogP contribution in [0.4, 0.5) is 0 Å². The van der Waals surface area contributed by atoms with Gasteiger partial charge in [0.15, 0.2) is 0 Å². The van der Waals surface area contributed by atoms with Crippen LogP contribution < -0.4 is 5.32 Å². The number of benzene rings is 2.